The number of fused-ring (bicyclic) bond motifs is 1. The summed E-state index contributed by atoms with van der Waals surface area (Å²) in [4.78, 5) is 16.7. The monoisotopic (exact) mass is 269 g/mol. The summed E-state index contributed by atoms with van der Waals surface area (Å²) in [6, 6.07) is 10.2. The van der Waals surface area contributed by atoms with Crippen molar-refractivity contribution in [3.8, 4) is 6.07 Å². The summed E-state index contributed by atoms with van der Waals surface area (Å²) in [5.41, 5.74) is 2.29. The fraction of sp³-hybridized carbons (Fsp3) is 0.333. The van der Waals surface area contributed by atoms with Crippen LogP contribution in [0.15, 0.2) is 30.5 Å². The molecular weight excluding hydrogens is 254 g/mol. The van der Waals surface area contributed by atoms with E-state index < -0.39 is 6.10 Å². The minimum Gasteiger partial charge on any atom is -0.361 e. The Kier molecular flexibility index (Phi) is 3.40. The van der Waals surface area contributed by atoms with E-state index in [0.717, 1.165) is 11.9 Å². The number of amides is 1. The van der Waals surface area contributed by atoms with Crippen molar-refractivity contribution in [3.63, 3.8) is 0 Å². The van der Waals surface area contributed by atoms with E-state index in [1.807, 2.05) is 24.4 Å². The van der Waals surface area contributed by atoms with E-state index in [1.165, 1.54) is 10.9 Å². The molecule has 2 aromatic rings. The fourth-order valence-corrected chi connectivity index (χ4v) is 2.51. The SMILES string of the molecule is N#CC1CN(CCc2c[nH]c3ccccc23)C(=O)CO1. The molecule has 1 N–H and O–H groups in total. The molecule has 1 aromatic heterocycles. The van der Waals surface area contributed by atoms with Gasteiger partial charge in [0.1, 0.15) is 6.61 Å². The molecule has 20 heavy (non-hydrogen) atoms. The van der Waals surface area contributed by atoms with E-state index in [4.69, 9.17) is 10.00 Å². The van der Waals surface area contributed by atoms with Gasteiger partial charge in [0.05, 0.1) is 12.6 Å². The molecule has 2 heterocycles. The van der Waals surface area contributed by atoms with Gasteiger partial charge in [0, 0.05) is 23.6 Å². The number of rotatable bonds is 3. The zero-order valence-corrected chi connectivity index (χ0v) is 11.0. The number of benzene rings is 1. The third-order valence-corrected chi connectivity index (χ3v) is 3.62. The third kappa shape index (κ3) is 2.38. The number of carbonyl (C=O) groups is 1. The molecule has 5 heteroatoms. The first kappa shape index (κ1) is 12.7. The van der Waals surface area contributed by atoms with Crippen LogP contribution in [0.4, 0.5) is 0 Å². The van der Waals surface area contributed by atoms with Gasteiger partial charge in [-0.05, 0) is 18.1 Å². The van der Waals surface area contributed by atoms with Crippen LogP contribution in [-0.4, -0.2) is 41.6 Å². The first-order valence-electron chi connectivity index (χ1n) is 6.62. The van der Waals surface area contributed by atoms with Gasteiger partial charge in [-0.2, -0.15) is 5.26 Å². The Balaban J connectivity index is 1.70. The molecule has 1 aliphatic heterocycles. The minimum absolute atomic E-state index is 0.00606. The van der Waals surface area contributed by atoms with Crippen LogP contribution in [-0.2, 0) is 16.0 Å². The summed E-state index contributed by atoms with van der Waals surface area (Å²) in [7, 11) is 0. The fourth-order valence-electron chi connectivity index (χ4n) is 2.51. The lowest BCUT2D eigenvalue weighted by Crippen LogP contribution is -2.46. The van der Waals surface area contributed by atoms with E-state index in [1.54, 1.807) is 4.90 Å². The molecule has 1 saturated heterocycles. The quantitative estimate of drug-likeness (QED) is 0.917. The van der Waals surface area contributed by atoms with E-state index in [-0.39, 0.29) is 12.5 Å². The molecule has 1 aliphatic rings. The highest BCUT2D eigenvalue weighted by Gasteiger charge is 2.25. The van der Waals surface area contributed by atoms with Crippen molar-refractivity contribution >= 4 is 16.8 Å². The van der Waals surface area contributed by atoms with E-state index in [2.05, 4.69) is 17.1 Å². The van der Waals surface area contributed by atoms with Gasteiger partial charge in [0.25, 0.3) is 0 Å². The molecule has 1 amide bonds. The molecule has 0 radical (unpaired) electrons. The second-order valence-corrected chi connectivity index (χ2v) is 4.88. The van der Waals surface area contributed by atoms with Crippen LogP contribution in [0, 0.1) is 11.3 Å². The lowest BCUT2D eigenvalue weighted by molar-refractivity contribution is -0.145. The number of ether oxygens (including phenoxy) is 1. The number of H-pyrrole nitrogens is 1. The van der Waals surface area contributed by atoms with Crippen LogP contribution in [0.1, 0.15) is 5.56 Å². The molecule has 1 fully saturated rings. The molecule has 3 rings (SSSR count). The van der Waals surface area contributed by atoms with Gasteiger partial charge in [-0.15, -0.1) is 0 Å². The smallest absolute Gasteiger partial charge is 0.248 e. The number of morpholine rings is 1. The third-order valence-electron chi connectivity index (χ3n) is 3.62. The summed E-state index contributed by atoms with van der Waals surface area (Å²) < 4.78 is 5.12. The van der Waals surface area contributed by atoms with Crippen molar-refractivity contribution in [2.24, 2.45) is 0 Å². The standard InChI is InChI=1S/C15H15N3O2/c16-7-12-9-18(15(19)10-20-12)6-5-11-8-17-14-4-2-1-3-13(11)14/h1-4,8,12,17H,5-6,9-10H2. The maximum absolute atomic E-state index is 11.8. The zero-order chi connectivity index (χ0) is 13.9. The van der Waals surface area contributed by atoms with Crippen LogP contribution in [0.3, 0.4) is 0 Å². The maximum atomic E-state index is 11.8. The van der Waals surface area contributed by atoms with Gasteiger partial charge in [0.2, 0.25) is 5.91 Å². The molecule has 5 nitrogen and oxygen atoms in total. The topological polar surface area (TPSA) is 69.1 Å². The van der Waals surface area contributed by atoms with Gasteiger partial charge in [0.15, 0.2) is 6.10 Å². The molecule has 102 valence electrons. The highest BCUT2D eigenvalue weighted by Crippen LogP contribution is 2.18. The summed E-state index contributed by atoms with van der Waals surface area (Å²) in [6.45, 7) is 0.978. The molecule has 0 aliphatic carbocycles. The number of carbonyl (C=O) groups excluding carboxylic acids is 1. The number of hydrogen-bond acceptors (Lipinski definition) is 3. The normalized spacial score (nSPS) is 19.2. The van der Waals surface area contributed by atoms with Crippen LogP contribution in [0.5, 0.6) is 0 Å². The number of aromatic amines is 1. The predicted octanol–water partition coefficient (Wildman–Crippen LogP) is 1.46. The Morgan fingerprint density at radius 2 is 2.30 bits per heavy atom. The number of hydrogen-bond donors (Lipinski definition) is 1. The van der Waals surface area contributed by atoms with Crippen molar-refractivity contribution in [2.45, 2.75) is 12.5 Å². The van der Waals surface area contributed by atoms with Crippen molar-refractivity contribution < 1.29 is 9.53 Å². The van der Waals surface area contributed by atoms with Crippen LogP contribution in [0.2, 0.25) is 0 Å². The van der Waals surface area contributed by atoms with Gasteiger partial charge >= 0.3 is 0 Å². The van der Waals surface area contributed by atoms with Crippen molar-refractivity contribution in [3.05, 3.63) is 36.0 Å². The number of aromatic nitrogens is 1. The number of nitriles is 1. The Bertz CT molecular complexity index is 671. The summed E-state index contributed by atoms with van der Waals surface area (Å²) in [6.07, 6.45) is 2.25. The lowest BCUT2D eigenvalue weighted by Gasteiger charge is -2.29. The average molecular weight is 269 g/mol. The zero-order valence-electron chi connectivity index (χ0n) is 11.0. The van der Waals surface area contributed by atoms with Gasteiger partial charge in [-0.25, -0.2) is 0 Å². The molecule has 1 atom stereocenters. The average Bonchev–Trinajstić information content (AvgIpc) is 2.90. The maximum Gasteiger partial charge on any atom is 0.248 e. The summed E-state index contributed by atoms with van der Waals surface area (Å²) >= 11 is 0. The molecule has 1 aromatic carbocycles. The molecule has 0 saturated carbocycles. The lowest BCUT2D eigenvalue weighted by atomic mass is 10.1. The highest BCUT2D eigenvalue weighted by molar-refractivity contribution is 5.83. The molecule has 0 bridgehead atoms. The van der Waals surface area contributed by atoms with Crippen molar-refractivity contribution in [1.29, 1.82) is 5.26 Å². The molecule has 0 spiro atoms. The first-order chi connectivity index (χ1) is 9.78. The highest BCUT2D eigenvalue weighted by atomic mass is 16.5. The second kappa shape index (κ2) is 5.35. The van der Waals surface area contributed by atoms with Gasteiger partial charge in [-0.3, -0.25) is 4.79 Å². The predicted molar refractivity (Wildman–Crippen MR) is 73.9 cm³/mol. The molecular formula is C15H15N3O2. The summed E-state index contributed by atoms with van der Waals surface area (Å²) in [5, 5.41) is 10.1. The van der Waals surface area contributed by atoms with Gasteiger partial charge < -0.3 is 14.6 Å². The second-order valence-electron chi connectivity index (χ2n) is 4.88. The van der Waals surface area contributed by atoms with Gasteiger partial charge in [-0.1, -0.05) is 18.2 Å². The number of para-hydroxylation sites is 1. The Morgan fingerprint density at radius 3 is 3.15 bits per heavy atom. The first-order valence-corrected chi connectivity index (χ1v) is 6.62. The van der Waals surface area contributed by atoms with Crippen LogP contribution in [0.25, 0.3) is 10.9 Å². The van der Waals surface area contributed by atoms with Crippen molar-refractivity contribution in [1.82, 2.24) is 9.88 Å². The summed E-state index contributed by atoms with van der Waals surface area (Å²) in [5.74, 6) is -0.0451. The van der Waals surface area contributed by atoms with E-state index in [9.17, 15) is 4.79 Å². The minimum atomic E-state index is -0.504. The number of nitrogens with one attached hydrogen (secondary N) is 1. The Labute approximate surface area is 116 Å². The van der Waals surface area contributed by atoms with E-state index in [0.29, 0.717) is 13.1 Å². The Morgan fingerprint density at radius 1 is 1.45 bits per heavy atom. The van der Waals surface area contributed by atoms with Crippen LogP contribution < -0.4 is 0 Å². The van der Waals surface area contributed by atoms with Crippen LogP contribution >= 0.6 is 0 Å². The molecule has 1 unspecified atom stereocenters. The Hall–Kier alpha value is -2.32. The number of nitrogens with zero attached hydrogens (tertiary/aromatic N) is 2. The van der Waals surface area contributed by atoms with Crippen molar-refractivity contribution in [2.75, 3.05) is 19.7 Å². The largest absolute Gasteiger partial charge is 0.361 e. The van der Waals surface area contributed by atoms with E-state index >= 15 is 0 Å².